The van der Waals surface area contributed by atoms with E-state index < -0.39 is 10.0 Å². The van der Waals surface area contributed by atoms with E-state index in [9.17, 15) is 13.2 Å². The average molecular weight is 402 g/mol. The third-order valence-corrected chi connectivity index (χ3v) is 5.74. The molecule has 8 heteroatoms. The highest BCUT2D eigenvalue weighted by molar-refractivity contribution is 7.98. The molecule has 3 aromatic rings. The Morgan fingerprint density at radius 1 is 1.07 bits per heavy atom. The van der Waals surface area contributed by atoms with Crippen LogP contribution in [0.3, 0.4) is 0 Å². The molecule has 0 aliphatic carbocycles. The fraction of sp³-hybridized carbons (Fsp3) is 0.105. The van der Waals surface area contributed by atoms with Crippen molar-refractivity contribution in [2.45, 2.75) is 22.1 Å². The number of amides is 1. The predicted molar refractivity (Wildman–Crippen MR) is 104 cm³/mol. The van der Waals surface area contributed by atoms with Gasteiger partial charge in [0.25, 0.3) is 5.91 Å². The van der Waals surface area contributed by atoms with Crippen LogP contribution in [0.15, 0.2) is 81.1 Å². The smallest absolute Gasteiger partial charge is 0.287 e. The summed E-state index contributed by atoms with van der Waals surface area (Å²) in [7, 11) is -3.78. The molecule has 0 aliphatic rings. The molecule has 2 aromatic carbocycles. The van der Waals surface area contributed by atoms with Gasteiger partial charge in [-0.2, -0.15) is 0 Å². The number of nitrogens with two attached hydrogens (primary N) is 1. The summed E-state index contributed by atoms with van der Waals surface area (Å²) < 4.78 is 28.2. The van der Waals surface area contributed by atoms with E-state index in [1.165, 1.54) is 18.4 Å². The minimum Gasteiger partial charge on any atom is -0.459 e. The van der Waals surface area contributed by atoms with Crippen molar-refractivity contribution in [2.75, 3.05) is 0 Å². The Morgan fingerprint density at radius 3 is 2.59 bits per heavy atom. The largest absolute Gasteiger partial charge is 0.459 e. The van der Waals surface area contributed by atoms with Crippen LogP contribution in [-0.4, -0.2) is 14.3 Å². The Balaban J connectivity index is 1.63. The number of carbonyl (C=O) groups is 1. The van der Waals surface area contributed by atoms with E-state index in [2.05, 4.69) is 5.32 Å². The molecule has 0 unspecified atom stereocenters. The standard InChI is InChI=1S/C19H18N2O4S2/c20-27(23,24)17-8-4-5-14(11-17)12-21-19(22)18-15(9-10-25-18)13-26-16-6-2-1-3-7-16/h1-11H,12-13H2,(H,21,22)(H2,20,23,24). The average Bonchev–Trinajstić information content (AvgIpc) is 3.13. The zero-order chi connectivity index (χ0) is 19.3. The van der Waals surface area contributed by atoms with Gasteiger partial charge in [0.2, 0.25) is 10.0 Å². The fourth-order valence-corrected chi connectivity index (χ4v) is 3.90. The molecule has 0 fully saturated rings. The van der Waals surface area contributed by atoms with Crippen molar-refractivity contribution in [3.63, 3.8) is 0 Å². The van der Waals surface area contributed by atoms with Crippen LogP contribution in [0.2, 0.25) is 0 Å². The van der Waals surface area contributed by atoms with Crippen LogP contribution in [0.4, 0.5) is 0 Å². The van der Waals surface area contributed by atoms with Gasteiger partial charge in [0.1, 0.15) is 0 Å². The zero-order valence-electron chi connectivity index (χ0n) is 14.3. The van der Waals surface area contributed by atoms with Gasteiger partial charge in [-0.1, -0.05) is 30.3 Å². The molecule has 0 saturated heterocycles. The Kier molecular flexibility index (Phi) is 6.00. The molecule has 0 spiro atoms. The molecular weight excluding hydrogens is 384 g/mol. The molecular formula is C19H18N2O4S2. The maximum absolute atomic E-state index is 12.4. The van der Waals surface area contributed by atoms with Gasteiger partial charge in [-0.25, -0.2) is 13.6 Å². The highest BCUT2D eigenvalue weighted by Crippen LogP contribution is 2.24. The summed E-state index contributed by atoms with van der Waals surface area (Å²) in [4.78, 5) is 13.5. The molecule has 0 atom stereocenters. The quantitative estimate of drug-likeness (QED) is 0.591. The Bertz CT molecular complexity index is 1030. The summed E-state index contributed by atoms with van der Waals surface area (Å²) in [5, 5.41) is 7.87. The summed E-state index contributed by atoms with van der Waals surface area (Å²) in [6.45, 7) is 0.161. The van der Waals surface area contributed by atoms with Gasteiger partial charge in [0.15, 0.2) is 5.76 Å². The normalized spacial score (nSPS) is 11.3. The van der Waals surface area contributed by atoms with Crippen LogP contribution in [0.5, 0.6) is 0 Å². The van der Waals surface area contributed by atoms with E-state index in [4.69, 9.17) is 9.56 Å². The summed E-state index contributed by atoms with van der Waals surface area (Å²) >= 11 is 1.61. The monoisotopic (exact) mass is 402 g/mol. The molecule has 0 bridgehead atoms. The first-order valence-electron chi connectivity index (χ1n) is 8.07. The lowest BCUT2D eigenvalue weighted by atomic mass is 10.2. The van der Waals surface area contributed by atoms with Crippen LogP contribution in [-0.2, 0) is 22.3 Å². The molecule has 1 heterocycles. The fourth-order valence-electron chi connectivity index (χ4n) is 2.42. The van der Waals surface area contributed by atoms with E-state index in [0.717, 1.165) is 10.5 Å². The third-order valence-electron chi connectivity index (χ3n) is 3.77. The van der Waals surface area contributed by atoms with Gasteiger partial charge in [-0.3, -0.25) is 4.79 Å². The van der Waals surface area contributed by atoms with Gasteiger partial charge >= 0.3 is 0 Å². The van der Waals surface area contributed by atoms with Crippen molar-refractivity contribution in [1.82, 2.24) is 5.32 Å². The van der Waals surface area contributed by atoms with Crippen LogP contribution >= 0.6 is 11.8 Å². The molecule has 6 nitrogen and oxygen atoms in total. The van der Waals surface area contributed by atoms with E-state index in [-0.39, 0.29) is 23.1 Å². The number of furan rings is 1. The molecule has 140 valence electrons. The van der Waals surface area contributed by atoms with Gasteiger partial charge in [-0.05, 0) is 35.9 Å². The molecule has 27 heavy (non-hydrogen) atoms. The number of primary sulfonamides is 1. The van der Waals surface area contributed by atoms with Crippen LogP contribution in [0.1, 0.15) is 21.7 Å². The first kappa shape index (κ1) is 19.2. The lowest BCUT2D eigenvalue weighted by Crippen LogP contribution is -2.23. The number of rotatable bonds is 7. The lowest BCUT2D eigenvalue weighted by Gasteiger charge is -2.07. The van der Waals surface area contributed by atoms with Crippen molar-refractivity contribution in [3.8, 4) is 0 Å². The van der Waals surface area contributed by atoms with Crippen molar-refractivity contribution < 1.29 is 17.6 Å². The Hall–Kier alpha value is -2.55. The van der Waals surface area contributed by atoms with Crippen LogP contribution < -0.4 is 10.5 Å². The second-order valence-corrected chi connectivity index (χ2v) is 8.36. The summed E-state index contributed by atoms with van der Waals surface area (Å²) in [5.41, 5.74) is 1.42. The van der Waals surface area contributed by atoms with Crippen LogP contribution in [0.25, 0.3) is 0 Å². The molecule has 0 radical (unpaired) electrons. The lowest BCUT2D eigenvalue weighted by molar-refractivity contribution is 0.0922. The van der Waals surface area contributed by atoms with Crippen molar-refractivity contribution >= 4 is 27.7 Å². The number of benzene rings is 2. The highest BCUT2D eigenvalue weighted by Gasteiger charge is 2.16. The minimum absolute atomic E-state index is 0.00666. The number of carbonyl (C=O) groups excluding carboxylic acids is 1. The number of thioether (sulfide) groups is 1. The number of hydrogen-bond donors (Lipinski definition) is 2. The van der Waals surface area contributed by atoms with Crippen molar-refractivity contribution in [3.05, 3.63) is 83.8 Å². The van der Waals surface area contributed by atoms with E-state index in [1.54, 1.807) is 30.0 Å². The van der Waals surface area contributed by atoms with Gasteiger partial charge in [0, 0.05) is 22.8 Å². The molecule has 1 aromatic heterocycles. The molecule has 3 rings (SSSR count). The van der Waals surface area contributed by atoms with E-state index >= 15 is 0 Å². The summed E-state index contributed by atoms with van der Waals surface area (Å²) in [6.07, 6.45) is 1.48. The maximum Gasteiger partial charge on any atom is 0.287 e. The number of nitrogens with one attached hydrogen (secondary N) is 1. The molecule has 1 amide bonds. The predicted octanol–water partition coefficient (Wildman–Crippen LogP) is 3.15. The Morgan fingerprint density at radius 2 is 1.85 bits per heavy atom. The summed E-state index contributed by atoms with van der Waals surface area (Å²) in [5.74, 6) is 0.496. The second kappa shape index (κ2) is 8.43. The first-order valence-corrected chi connectivity index (χ1v) is 10.6. The zero-order valence-corrected chi connectivity index (χ0v) is 15.9. The van der Waals surface area contributed by atoms with E-state index in [0.29, 0.717) is 11.3 Å². The number of sulfonamides is 1. The highest BCUT2D eigenvalue weighted by atomic mass is 32.2. The van der Waals surface area contributed by atoms with Gasteiger partial charge in [0.05, 0.1) is 11.2 Å². The summed E-state index contributed by atoms with van der Waals surface area (Å²) in [6, 6.07) is 17.8. The number of hydrogen-bond acceptors (Lipinski definition) is 5. The second-order valence-electron chi connectivity index (χ2n) is 5.75. The van der Waals surface area contributed by atoms with Crippen molar-refractivity contribution in [1.29, 1.82) is 0 Å². The van der Waals surface area contributed by atoms with Gasteiger partial charge < -0.3 is 9.73 Å². The first-order chi connectivity index (χ1) is 12.9. The third kappa shape index (κ3) is 5.22. The van der Waals surface area contributed by atoms with E-state index in [1.807, 2.05) is 30.3 Å². The van der Waals surface area contributed by atoms with Gasteiger partial charge in [-0.15, -0.1) is 11.8 Å². The topological polar surface area (TPSA) is 102 Å². The Labute approximate surface area is 161 Å². The minimum atomic E-state index is -3.78. The molecule has 0 aliphatic heterocycles. The maximum atomic E-state index is 12.4. The van der Waals surface area contributed by atoms with Crippen molar-refractivity contribution in [2.24, 2.45) is 5.14 Å². The van der Waals surface area contributed by atoms with Crippen LogP contribution in [0, 0.1) is 0 Å². The SMILES string of the molecule is NS(=O)(=O)c1cccc(CNC(=O)c2occc2CSc2ccccc2)c1. The molecule has 3 N–H and O–H groups in total. The molecule has 0 saturated carbocycles.